The molecule has 0 amide bonds. The zero-order chi connectivity index (χ0) is 51.9. The third kappa shape index (κ3) is 5.62. The first-order valence-corrected chi connectivity index (χ1v) is 27.0. The number of nitrogens with zero attached hydrogens (tertiary/aromatic N) is 6. The predicted octanol–water partition coefficient (Wildman–Crippen LogP) is 19.0. The van der Waals surface area contributed by atoms with Crippen molar-refractivity contribution in [3.8, 4) is 22.3 Å². The van der Waals surface area contributed by atoms with Crippen molar-refractivity contribution in [3.05, 3.63) is 231 Å². The van der Waals surface area contributed by atoms with Crippen LogP contribution >= 0.6 is 0 Å². The summed E-state index contributed by atoms with van der Waals surface area (Å²) in [5.41, 5.74) is 20.1. The molecule has 0 saturated carbocycles. The Hall–Kier alpha value is -11.0. The van der Waals surface area contributed by atoms with E-state index < -0.39 is 0 Å². The Kier molecular flexibility index (Phi) is 8.11. The smallest absolute Gasteiger partial charge is 0.165 e. The molecule has 0 aliphatic carbocycles. The molecule has 20 aromatic rings. The Morgan fingerprint density at radius 3 is 1.45 bits per heavy atom. The highest BCUT2D eigenvalue weighted by Gasteiger charge is 2.25. The van der Waals surface area contributed by atoms with E-state index in [0.29, 0.717) is 0 Å². The van der Waals surface area contributed by atoms with Crippen LogP contribution in [-0.2, 0) is 0 Å². The molecule has 8 nitrogen and oxygen atoms in total. The minimum atomic E-state index is 0.883. The molecule has 0 atom stereocenters. The zero-order valence-electron chi connectivity index (χ0n) is 42.4. The standard InChI is InChI=1S/2C36H19N3O/c1-2-9-22-20(7-1)8-5-10-23(22)21-15-16-24-25-17-18-30-32(35(25)40-31(24)19-21)26-11-6-12-27-33-36(39(30)34(26)27)38-29-14-4-3-13-28(29)37-33;1-2-7-21-18-22(13-12-20(21)6-1)23-14-17-31-27(19-23)24-15-16-30-32(35(24)40-31)25-8-5-9-26-33-36(39(30)34(25)26)38-29-11-4-3-10-28(29)37-33/h2*1-19H. The first kappa shape index (κ1) is 42.2. The number of aromatic nitrogens is 6. The number of para-hydroxylation sites is 6. The van der Waals surface area contributed by atoms with Crippen LogP contribution < -0.4 is 0 Å². The summed E-state index contributed by atoms with van der Waals surface area (Å²) in [5, 5.41) is 16.3. The van der Waals surface area contributed by atoms with E-state index in [1.165, 1.54) is 38.2 Å². The first-order chi connectivity index (χ1) is 39.6. The summed E-state index contributed by atoms with van der Waals surface area (Å²) >= 11 is 0. The van der Waals surface area contributed by atoms with Crippen LogP contribution in [0.4, 0.5) is 0 Å². The van der Waals surface area contributed by atoms with Crippen LogP contribution in [0.1, 0.15) is 0 Å². The van der Waals surface area contributed by atoms with Crippen LogP contribution in [0.15, 0.2) is 239 Å². The minimum absolute atomic E-state index is 0.883. The molecule has 8 heterocycles. The number of hydrogen-bond acceptors (Lipinski definition) is 6. The van der Waals surface area contributed by atoms with Crippen molar-refractivity contribution in [3.63, 3.8) is 0 Å². The Balaban J connectivity index is 0.000000120. The van der Waals surface area contributed by atoms with Gasteiger partial charge in [0.2, 0.25) is 0 Å². The second-order valence-corrected chi connectivity index (χ2v) is 21.2. The lowest BCUT2D eigenvalue weighted by Crippen LogP contribution is -1.88. The van der Waals surface area contributed by atoms with E-state index in [4.69, 9.17) is 28.8 Å². The second kappa shape index (κ2) is 15.4. The summed E-state index contributed by atoms with van der Waals surface area (Å²) < 4.78 is 17.9. The second-order valence-electron chi connectivity index (χ2n) is 21.2. The highest BCUT2D eigenvalue weighted by Crippen LogP contribution is 2.46. The maximum absolute atomic E-state index is 6.73. The molecule has 20 rings (SSSR count). The van der Waals surface area contributed by atoms with Gasteiger partial charge >= 0.3 is 0 Å². The molecule has 8 aromatic heterocycles. The van der Waals surface area contributed by atoms with Gasteiger partial charge in [-0.05, 0) is 123 Å². The van der Waals surface area contributed by atoms with E-state index >= 15 is 0 Å². The van der Waals surface area contributed by atoms with Gasteiger partial charge < -0.3 is 8.83 Å². The number of furan rings is 2. The van der Waals surface area contributed by atoms with Crippen molar-refractivity contribution in [2.75, 3.05) is 0 Å². The Bertz CT molecular complexity index is 6060. The molecule has 0 saturated heterocycles. The summed E-state index contributed by atoms with van der Waals surface area (Å²) in [6, 6.07) is 81.2. The summed E-state index contributed by atoms with van der Waals surface area (Å²) in [7, 11) is 0. The van der Waals surface area contributed by atoms with E-state index in [9.17, 15) is 0 Å². The Morgan fingerprint density at radius 1 is 0.287 bits per heavy atom. The fourth-order valence-electron chi connectivity index (χ4n) is 13.4. The van der Waals surface area contributed by atoms with E-state index in [-0.39, 0.29) is 0 Å². The fourth-order valence-corrected chi connectivity index (χ4v) is 13.4. The predicted molar refractivity (Wildman–Crippen MR) is 329 cm³/mol. The SMILES string of the molecule is c1ccc2c(-c3ccc4c(c3)oc3c4ccc4c3c3cccc5c6nc7ccccc7nc6n4c53)cccc2c1.c1ccc2cc(-c3ccc4oc5c(ccc6c5c5cccc7c8nc9ccccc9nc8n6c75)c4c3)ccc2c1. The van der Waals surface area contributed by atoms with Crippen molar-refractivity contribution in [2.45, 2.75) is 0 Å². The van der Waals surface area contributed by atoms with Gasteiger partial charge in [0.25, 0.3) is 0 Å². The van der Waals surface area contributed by atoms with Gasteiger partial charge in [-0.15, -0.1) is 0 Å². The monoisotopic (exact) mass is 1020 g/mol. The number of hydrogen-bond donors (Lipinski definition) is 0. The summed E-state index contributed by atoms with van der Waals surface area (Å²) in [4.78, 5) is 20.2. The third-order valence-corrected chi connectivity index (χ3v) is 17.0. The number of benzene rings is 12. The van der Waals surface area contributed by atoms with Gasteiger partial charge in [0, 0.05) is 43.1 Å². The fraction of sp³-hybridized carbons (Fsp3) is 0. The van der Waals surface area contributed by atoms with Gasteiger partial charge in [0.1, 0.15) is 33.4 Å². The molecule has 0 aliphatic heterocycles. The van der Waals surface area contributed by atoms with E-state index in [0.717, 1.165) is 148 Å². The lowest BCUT2D eigenvalue weighted by molar-refractivity contribution is 0.672. The highest BCUT2D eigenvalue weighted by atomic mass is 16.3. The Labute approximate surface area is 452 Å². The molecule has 8 heteroatoms. The van der Waals surface area contributed by atoms with Crippen molar-refractivity contribution in [1.29, 1.82) is 0 Å². The molecule has 12 aromatic carbocycles. The molecule has 0 bridgehead atoms. The van der Waals surface area contributed by atoms with Crippen LogP contribution in [0.2, 0.25) is 0 Å². The summed E-state index contributed by atoms with van der Waals surface area (Å²) in [6.07, 6.45) is 0. The van der Waals surface area contributed by atoms with Crippen LogP contribution in [0, 0.1) is 0 Å². The average molecular weight is 1020 g/mol. The molecule has 0 aliphatic rings. The summed E-state index contributed by atoms with van der Waals surface area (Å²) in [6.45, 7) is 0. The minimum Gasteiger partial charge on any atom is -0.455 e. The molecular formula is C72H38N6O2. The van der Waals surface area contributed by atoms with Crippen molar-refractivity contribution in [2.24, 2.45) is 0 Å². The highest BCUT2D eigenvalue weighted by molar-refractivity contribution is 6.31. The maximum Gasteiger partial charge on any atom is 0.165 e. The van der Waals surface area contributed by atoms with Gasteiger partial charge in [0.05, 0.1) is 54.9 Å². The quantitative estimate of drug-likeness (QED) is 0.171. The first-order valence-electron chi connectivity index (χ1n) is 27.0. The van der Waals surface area contributed by atoms with Crippen molar-refractivity contribution < 1.29 is 8.83 Å². The molecule has 0 N–H and O–H groups in total. The van der Waals surface area contributed by atoms with Gasteiger partial charge in [-0.3, -0.25) is 8.80 Å². The van der Waals surface area contributed by atoms with Crippen molar-refractivity contribution in [1.82, 2.24) is 28.7 Å². The van der Waals surface area contributed by atoms with Crippen LogP contribution in [0.5, 0.6) is 0 Å². The van der Waals surface area contributed by atoms with E-state index in [1.807, 2.05) is 48.5 Å². The van der Waals surface area contributed by atoms with Crippen LogP contribution in [0.25, 0.3) is 186 Å². The largest absolute Gasteiger partial charge is 0.455 e. The lowest BCUT2D eigenvalue weighted by atomic mass is 9.97. The Morgan fingerprint density at radius 2 is 0.775 bits per heavy atom. The number of fused-ring (bicyclic) bond motifs is 24. The average Bonchev–Trinajstić information content (AvgIpc) is 4.52. The van der Waals surface area contributed by atoms with Crippen molar-refractivity contribution >= 4 is 164 Å². The van der Waals surface area contributed by atoms with Crippen LogP contribution in [0.3, 0.4) is 0 Å². The van der Waals surface area contributed by atoms with E-state index in [1.54, 1.807) is 0 Å². The molecule has 0 radical (unpaired) electrons. The van der Waals surface area contributed by atoms with Gasteiger partial charge in [-0.25, -0.2) is 19.9 Å². The maximum atomic E-state index is 6.73. The molecular weight excluding hydrogens is 981 g/mol. The lowest BCUT2D eigenvalue weighted by Gasteiger charge is -2.06. The molecule has 80 heavy (non-hydrogen) atoms. The molecule has 0 spiro atoms. The van der Waals surface area contributed by atoms with Gasteiger partial charge in [-0.1, -0.05) is 152 Å². The van der Waals surface area contributed by atoms with Crippen LogP contribution in [-0.4, -0.2) is 28.7 Å². The van der Waals surface area contributed by atoms with Gasteiger partial charge in [0.15, 0.2) is 11.3 Å². The molecule has 368 valence electrons. The summed E-state index contributed by atoms with van der Waals surface area (Å²) in [5.74, 6) is 0. The topological polar surface area (TPSA) is 86.7 Å². The van der Waals surface area contributed by atoms with Gasteiger partial charge in [-0.2, -0.15) is 0 Å². The molecule has 0 fully saturated rings. The third-order valence-electron chi connectivity index (χ3n) is 17.0. The normalized spacial score (nSPS) is 12.5. The van der Waals surface area contributed by atoms with E-state index in [2.05, 4.69) is 191 Å². The molecule has 0 unspecified atom stereocenters. The zero-order valence-corrected chi connectivity index (χ0v) is 42.4. The number of rotatable bonds is 2.